The Labute approximate surface area is 127 Å². The predicted molar refractivity (Wildman–Crippen MR) is 77.6 cm³/mol. The van der Waals surface area contributed by atoms with Crippen LogP contribution < -0.4 is 5.32 Å². The summed E-state index contributed by atoms with van der Waals surface area (Å²) in [5.74, 6) is -0.464. The third-order valence-electron chi connectivity index (χ3n) is 2.92. The van der Waals surface area contributed by atoms with Crippen LogP contribution in [0.5, 0.6) is 0 Å². The zero-order chi connectivity index (χ0) is 13.3. The molecule has 0 saturated carbocycles. The van der Waals surface area contributed by atoms with E-state index in [-0.39, 0.29) is 27.8 Å². The molecule has 8 heteroatoms. The summed E-state index contributed by atoms with van der Waals surface area (Å²) in [6.45, 7) is 3.52. The van der Waals surface area contributed by atoms with Crippen molar-refractivity contribution in [2.75, 3.05) is 19.6 Å². The molecule has 1 heterocycles. The Balaban J connectivity index is 0.00000180. The number of benzene rings is 1. The number of hydrogen-bond donors (Lipinski definition) is 1. The van der Waals surface area contributed by atoms with Gasteiger partial charge >= 0.3 is 0 Å². The standard InChI is InChI=1S/C11H14BrFN2O2S.ClH/c1-8-7-14-4-5-15(8)18(16,17)11-3-2-9(13)6-10(11)12;/h2-3,6,8,14H,4-5,7H2,1H3;1H/t8-;/m1./s1. The lowest BCUT2D eigenvalue weighted by atomic mass is 10.3. The first kappa shape index (κ1) is 16.8. The summed E-state index contributed by atoms with van der Waals surface area (Å²) in [5.41, 5.74) is 0. The van der Waals surface area contributed by atoms with Crippen LogP contribution in [0.25, 0.3) is 0 Å². The van der Waals surface area contributed by atoms with Gasteiger partial charge in [0.05, 0.1) is 4.90 Å². The Kier molecular flexibility index (Phi) is 5.76. The van der Waals surface area contributed by atoms with Crippen LogP contribution in [0.15, 0.2) is 27.6 Å². The number of nitrogens with zero attached hydrogens (tertiary/aromatic N) is 1. The lowest BCUT2D eigenvalue weighted by molar-refractivity contribution is 0.283. The molecule has 1 aliphatic heterocycles. The highest BCUT2D eigenvalue weighted by molar-refractivity contribution is 9.10. The zero-order valence-electron chi connectivity index (χ0n) is 10.3. The largest absolute Gasteiger partial charge is 0.314 e. The second-order valence-electron chi connectivity index (χ2n) is 4.24. The van der Waals surface area contributed by atoms with Crippen LogP contribution in [0.1, 0.15) is 6.92 Å². The second kappa shape index (κ2) is 6.49. The van der Waals surface area contributed by atoms with E-state index in [4.69, 9.17) is 0 Å². The van der Waals surface area contributed by atoms with Gasteiger partial charge in [0.1, 0.15) is 5.82 Å². The van der Waals surface area contributed by atoms with Crippen molar-refractivity contribution in [2.45, 2.75) is 17.9 Å². The number of halogens is 3. The molecular weight excluding hydrogens is 359 g/mol. The molecule has 1 saturated heterocycles. The lowest BCUT2D eigenvalue weighted by Gasteiger charge is -2.33. The lowest BCUT2D eigenvalue weighted by Crippen LogP contribution is -2.52. The van der Waals surface area contributed by atoms with Crippen LogP contribution in [0.3, 0.4) is 0 Å². The summed E-state index contributed by atoms with van der Waals surface area (Å²) < 4.78 is 39.7. The zero-order valence-corrected chi connectivity index (χ0v) is 13.5. The molecule has 1 fully saturated rings. The highest BCUT2D eigenvalue weighted by Crippen LogP contribution is 2.27. The maximum atomic E-state index is 13.0. The molecular formula is C11H15BrClFN2O2S. The van der Waals surface area contributed by atoms with Gasteiger partial charge in [-0.2, -0.15) is 4.31 Å². The maximum absolute atomic E-state index is 13.0. The predicted octanol–water partition coefficient (Wildman–Crippen LogP) is 1.99. The van der Waals surface area contributed by atoms with Crippen LogP contribution in [0.2, 0.25) is 0 Å². The summed E-state index contributed by atoms with van der Waals surface area (Å²) >= 11 is 3.11. The Morgan fingerprint density at radius 3 is 2.74 bits per heavy atom. The van der Waals surface area contributed by atoms with Gasteiger partial charge in [0.25, 0.3) is 0 Å². The van der Waals surface area contributed by atoms with Crippen molar-refractivity contribution in [1.29, 1.82) is 0 Å². The van der Waals surface area contributed by atoms with E-state index in [2.05, 4.69) is 21.2 Å². The molecule has 0 aromatic heterocycles. The van der Waals surface area contributed by atoms with Gasteiger partial charge in [-0.3, -0.25) is 0 Å². The van der Waals surface area contributed by atoms with Gasteiger partial charge in [0, 0.05) is 30.1 Å². The molecule has 0 unspecified atom stereocenters. The Bertz CT molecular complexity index is 556. The highest BCUT2D eigenvalue weighted by atomic mass is 79.9. The van der Waals surface area contributed by atoms with Gasteiger partial charge in [-0.05, 0) is 41.1 Å². The van der Waals surface area contributed by atoms with Gasteiger partial charge < -0.3 is 5.32 Å². The van der Waals surface area contributed by atoms with Crippen LogP contribution in [-0.2, 0) is 10.0 Å². The molecule has 1 aromatic carbocycles. The quantitative estimate of drug-likeness (QED) is 0.862. The van der Waals surface area contributed by atoms with Crippen molar-refractivity contribution in [3.63, 3.8) is 0 Å². The molecule has 0 bridgehead atoms. The minimum atomic E-state index is -3.58. The first-order valence-electron chi connectivity index (χ1n) is 5.60. The Morgan fingerprint density at radius 2 is 2.16 bits per heavy atom. The fourth-order valence-corrected chi connectivity index (χ4v) is 4.63. The summed E-state index contributed by atoms with van der Waals surface area (Å²) in [4.78, 5) is 0.109. The van der Waals surface area contributed by atoms with Gasteiger partial charge in [0.2, 0.25) is 10.0 Å². The van der Waals surface area contributed by atoms with Crippen molar-refractivity contribution in [2.24, 2.45) is 0 Å². The molecule has 0 radical (unpaired) electrons. The van der Waals surface area contributed by atoms with E-state index >= 15 is 0 Å². The molecule has 19 heavy (non-hydrogen) atoms. The van der Waals surface area contributed by atoms with Crippen molar-refractivity contribution in [1.82, 2.24) is 9.62 Å². The number of hydrogen-bond acceptors (Lipinski definition) is 3. The monoisotopic (exact) mass is 372 g/mol. The fraction of sp³-hybridized carbons (Fsp3) is 0.455. The molecule has 0 spiro atoms. The summed E-state index contributed by atoms with van der Waals surface area (Å²) in [6.07, 6.45) is 0. The molecule has 1 atom stereocenters. The van der Waals surface area contributed by atoms with Crippen LogP contribution in [0.4, 0.5) is 4.39 Å². The smallest absolute Gasteiger partial charge is 0.244 e. The average Bonchev–Trinajstić information content (AvgIpc) is 2.28. The molecule has 0 amide bonds. The Hall–Kier alpha value is -0.210. The van der Waals surface area contributed by atoms with Gasteiger partial charge in [0.15, 0.2) is 0 Å². The minimum absolute atomic E-state index is 0. The van der Waals surface area contributed by atoms with E-state index in [1.807, 2.05) is 6.92 Å². The molecule has 108 valence electrons. The molecule has 4 nitrogen and oxygen atoms in total. The van der Waals surface area contributed by atoms with E-state index in [0.717, 1.165) is 6.07 Å². The number of piperazine rings is 1. The van der Waals surface area contributed by atoms with Crippen molar-refractivity contribution in [3.8, 4) is 0 Å². The number of nitrogens with one attached hydrogen (secondary N) is 1. The third kappa shape index (κ3) is 3.46. The minimum Gasteiger partial charge on any atom is -0.314 e. The topological polar surface area (TPSA) is 49.4 Å². The molecule has 1 aliphatic rings. The van der Waals surface area contributed by atoms with Crippen LogP contribution in [0, 0.1) is 5.82 Å². The Morgan fingerprint density at radius 1 is 1.47 bits per heavy atom. The average molecular weight is 374 g/mol. The van der Waals surface area contributed by atoms with E-state index in [0.29, 0.717) is 19.6 Å². The van der Waals surface area contributed by atoms with E-state index in [9.17, 15) is 12.8 Å². The molecule has 0 aliphatic carbocycles. The van der Waals surface area contributed by atoms with Gasteiger partial charge in [-0.15, -0.1) is 12.4 Å². The summed E-state index contributed by atoms with van der Waals surface area (Å²) in [5, 5.41) is 3.13. The molecule has 2 rings (SSSR count). The highest BCUT2D eigenvalue weighted by Gasteiger charge is 2.32. The van der Waals surface area contributed by atoms with E-state index in [1.54, 1.807) is 0 Å². The van der Waals surface area contributed by atoms with Gasteiger partial charge in [-0.1, -0.05) is 0 Å². The number of rotatable bonds is 2. The first-order chi connectivity index (χ1) is 8.43. The molecule has 1 aromatic rings. The second-order valence-corrected chi connectivity index (χ2v) is 6.96. The van der Waals surface area contributed by atoms with Crippen LogP contribution in [-0.4, -0.2) is 38.4 Å². The molecule has 1 N–H and O–H groups in total. The first-order valence-corrected chi connectivity index (χ1v) is 7.84. The SMILES string of the molecule is C[C@@H]1CNCCN1S(=O)(=O)c1ccc(F)cc1Br.Cl. The van der Waals surface area contributed by atoms with Crippen molar-refractivity contribution >= 4 is 38.4 Å². The van der Waals surface area contributed by atoms with E-state index in [1.165, 1.54) is 16.4 Å². The van der Waals surface area contributed by atoms with Crippen molar-refractivity contribution in [3.05, 3.63) is 28.5 Å². The van der Waals surface area contributed by atoms with Crippen LogP contribution >= 0.6 is 28.3 Å². The normalized spacial score (nSPS) is 20.9. The third-order valence-corrected chi connectivity index (χ3v) is 5.91. The fourth-order valence-electron chi connectivity index (χ4n) is 1.99. The summed E-state index contributed by atoms with van der Waals surface area (Å²) in [7, 11) is -3.58. The maximum Gasteiger partial charge on any atom is 0.244 e. The van der Waals surface area contributed by atoms with E-state index < -0.39 is 15.8 Å². The van der Waals surface area contributed by atoms with Gasteiger partial charge in [-0.25, -0.2) is 12.8 Å². The van der Waals surface area contributed by atoms with Crippen molar-refractivity contribution < 1.29 is 12.8 Å². The number of sulfonamides is 1. The summed E-state index contributed by atoms with van der Waals surface area (Å²) in [6, 6.07) is 3.51.